The molecule has 0 aliphatic carbocycles. The van der Waals surface area contributed by atoms with Crippen molar-refractivity contribution >= 4 is 33.7 Å². The van der Waals surface area contributed by atoms with Gasteiger partial charge in [0.05, 0.1) is 5.69 Å². The quantitative estimate of drug-likeness (QED) is 0.756. The summed E-state index contributed by atoms with van der Waals surface area (Å²) in [7, 11) is 0. The third kappa shape index (κ3) is 3.80. The molecule has 0 atom stereocenters. The Morgan fingerprint density at radius 3 is 2.58 bits per heavy atom. The first-order valence-corrected chi connectivity index (χ1v) is 9.26. The number of hydrogen-bond donors (Lipinski definition) is 1. The van der Waals surface area contributed by atoms with Crippen LogP contribution in [0.5, 0.6) is 0 Å². The number of amides is 1. The summed E-state index contributed by atoms with van der Waals surface area (Å²) in [6.07, 6.45) is 0.247. The lowest BCUT2D eigenvalue weighted by molar-refractivity contribution is -0.116. The zero-order valence-corrected chi connectivity index (χ0v) is 15.0. The minimum atomic E-state index is -0.141. The highest BCUT2D eigenvalue weighted by Gasteiger charge is 2.10. The van der Waals surface area contributed by atoms with Crippen molar-refractivity contribution in [3.05, 3.63) is 56.0 Å². The average Bonchev–Trinajstić information content (AvgIpc) is 3.14. The average molecular weight is 359 g/mol. The van der Waals surface area contributed by atoms with Gasteiger partial charge in [0.25, 0.3) is 0 Å². The number of aryl methyl sites for hydroxylation is 2. The molecule has 24 heavy (non-hydrogen) atoms. The van der Waals surface area contributed by atoms with E-state index in [0.29, 0.717) is 11.7 Å². The molecule has 2 heterocycles. The van der Waals surface area contributed by atoms with Crippen molar-refractivity contribution in [2.24, 2.45) is 0 Å². The first kappa shape index (κ1) is 16.6. The molecule has 2 aromatic heterocycles. The van der Waals surface area contributed by atoms with E-state index in [4.69, 9.17) is 0 Å². The molecule has 124 valence electrons. The molecule has 0 bridgehead atoms. The van der Waals surface area contributed by atoms with E-state index >= 15 is 0 Å². The van der Waals surface area contributed by atoms with Crippen LogP contribution in [0.2, 0.25) is 0 Å². The van der Waals surface area contributed by atoms with Crippen LogP contribution in [0.1, 0.15) is 17.7 Å². The topological polar surface area (TPSA) is 64.0 Å². The second kappa shape index (κ2) is 7.11. The van der Waals surface area contributed by atoms with E-state index in [2.05, 4.69) is 10.3 Å². The van der Waals surface area contributed by atoms with Crippen molar-refractivity contribution in [2.75, 3.05) is 5.32 Å². The number of nitrogens with zero attached hydrogens (tertiary/aromatic N) is 2. The van der Waals surface area contributed by atoms with Gasteiger partial charge in [-0.25, -0.2) is 4.98 Å². The van der Waals surface area contributed by atoms with Gasteiger partial charge in [-0.05, 0) is 13.8 Å². The normalized spacial score (nSPS) is 10.8. The molecule has 3 aromatic rings. The predicted octanol–water partition coefficient (Wildman–Crippen LogP) is 3.68. The summed E-state index contributed by atoms with van der Waals surface area (Å²) in [4.78, 5) is 28.1. The SMILES string of the molecule is Cc1ccc(-c2csc(NC(=O)CCn3c(C)csc3=O)n2)cc1. The molecule has 1 aromatic carbocycles. The fourth-order valence-corrected chi connectivity index (χ4v) is 3.75. The first-order chi connectivity index (χ1) is 11.5. The number of nitrogens with one attached hydrogen (secondary N) is 1. The Labute approximate surface area is 147 Å². The lowest BCUT2D eigenvalue weighted by Gasteiger charge is -2.04. The van der Waals surface area contributed by atoms with Crippen molar-refractivity contribution in [1.82, 2.24) is 9.55 Å². The minimum Gasteiger partial charge on any atom is -0.303 e. The summed E-state index contributed by atoms with van der Waals surface area (Å²) in [5, 5.41) is 7.10. The van der Waals surface area contributed by atoms with Crippen LogP contribution in [0, 0.1) is 13.8 Å². The number of rotatable bonds is 5. The Hall–Kier alpha value is -2.25. The second-order valence-electron chi connectivity index (χ2n) is 5.50. The first-order valence-electron chi connectivity index (χ1n) is 7.50. The minimum absolute atomic E-state index is 0.0313. The van der Waals surface area contributed by atoms with Crippen LogP contribution in [0.3, 0.4) is 0 Å². The second-order valence-corrected chi connectivity index (χ2v) is 7.18. The maximum atomic E-state index is 12.1. The standard InChI is InChI=1S/C17H17N3O2S2/c1-11-3-5-13(6-4-11)14-10-23-16(18-14)19-15(21)7-8-20-12(2)9-24-17(20)22/h3-6,9-10H,7-8H2,1-2H3,(H,18,19,21). The number of benzene rings is 1. The molecular formula is C17H17N3O2S2. The Bertz CT molecular complexity index is 907. The number of anilines is 1. The molecular weight excluding hydrogens is 342 g/mol. The molecule has 0 unspecified atom stereocenters. The third-order valence-corrected chi connectivity index (χ3v) is 5.28. The summed E-state index contributed by atoms with van der Waals surface area (Å²) in [5.41, 5.74) is 3.95. The monoisotopic (exact) mass is 359 g/mol. The summed E-state index contributed by atoms with van der Waals surface area (Å²) in [5.74, 6) is -0.141. The lowest BCUT2D eigenvalue weighted by Crippen LogP contribution is -2.20. The van der Waals surface area contributed by atoms with Gasteiger partial charge in [-0.3, -0.25) is 9.59 Å². The highest BCUT2D eigenvalue weighted by molar-refractivity contribution is 7.14. The van der Waals surface area contributed by atoms with Crippen molar-refractivity contribution < 1.29 is 4.79 Å². The van der Waals surface area contributed by atoms with E-state index in [0.717, 1.165) is 28.3 Å². The van der Waals surface area contributed by atoms with Gasteiger partial charge in [0, 0.05) is 35.0 Å². The van der Waals surface area contributed by atoms with Crippen LogP contribution in [0.25, 0.3) is 11.3 Å². The van der Waals surface area contributed by atoms with E-state index in [9.17, 15) is 9.59 Å². The smallest absolute Gasteiger partial charge is 0.303 e. The van der Waals surface area contributed by atoms with Crippen LogP contribution in [-0.2, 0) is 11.3 Å². The van der Waals surface area contributed by atoms with Gasteiger partial charge in [0.2, 0.25) is 5.91 Å². The lowest BCUT2D eigenvalue weighted by atomic mass is 10.1. The molecule has 0 saturated heterocycles. The van der Waals surface area contributed by atoms with E-state index in [1.54, 1.807) is 9.95 Å². The van der Waals surface area contributed by atoms with Crippen LogP contribution < -0.4 is 10.2 Å². The van der Waals surface area contributed by atoms with Crippen LogP contribution >= 0.6 is 22.7 Å². The molecule has 7 heteroatoms. The van der Waals surface area contributed by atoms with Crippen LogP contribution in [0.15, 0.2) is 39.8 Å². The molecule has 0 aliphatic rings. The van der Waals surface area contributed by atoms with Crippen molar-refractivity contribution in [1.29, 1.82) is 0 Å². The molecule has 5 nitrogen and oxygen atoms in total. The van der Waals surface area contributed by atoms with Crippen molar-refractivity contribution in [2.45, 2.75) is 26.8 Å². The maximum Gasteiger partial charge on any atom is 0.307 e. The van der Waals surface area contributed by atoms with Gasteiger partial charge in [-0.2, -0.15) is 0 Å². The summed E-state index contributed by atoms with van der Waals surface area (Å²) in [6.45, 7) is 4.29. The summed E-state index contributed by atoms with van der Waals surface area (Å²) in [6, 6.07) is 8.10. The van der Waals surface area contributed by atoms with Crippen LogP contribution in [0.4, 0.5) is 5.13 Å². The van der Waals surface area contributed by atoms with E-state index < -0.39 is 0 Å². The Morgan fingerprint density at radius 2 is 1.92 bits per heavy atom. The van der Waals surface area contributed by atoms with Crippen LogP contribution in [-0.4, -0.2) is 15.5 Å². The Morgan fingerprint density at radius 1 is 1.17 bits per heavy atom. The third-order valence-electron chi connectivity index (χ3n) is 3.64. The van der Waals surface area contributed by atoms with E-state index in [-0.39, 0.29) is 17.2 Å². The molecule has 0 fully saturated rings. The molecule has 3 rings (SSSR count). The summed E-state index contributed by atoms with van der Waals surface area (Å²) >= 11 is 2.55. The maximum absolute atomic E-state index is 12.1. The van der Waals surface area contributed by atoms with Gasteiger partial charge < -0.3 is 9.88 Å². The number of hydrogen-bond acceptors (Lipinski definition) is 5. The van der Waals surface area contributed by atoms with E-state index in [1.807, 2.05) is 43.5 Å². The zero-order valence-electron chi connectivity index (χ0n) is 13.4. The fourth-order valence-electron chi connectivity index (χ4n) is 2.26. The Balaban J connectivity index is 1.61. The van der Waals surface area contributed by atoms with Gasteiger partial charge in [0.15, 0.2) is 5.13 Å². The molecule has 0 radical (unpaired) electrons. The van der Waals surface area contributed by atoms with Gasteiger partial charge >= 0.3 is 4.87 Å². The number of carbonyl (C=O) groups is 1. The molecule has 0 spiro atoms. The highest BCUT2D eigenvalue weighted by Crippen LogP contribution is 2.25. The van der Waals surface area contributed by atoms with Crippen molar-refractivity contribution in [3.63, 3.8) is 0 Å². The number of carbonyl (C=O) groups excluding carboxylic acids is 1. The zero-order chi connectivity index (χ0) is 17.1. The van der Waals surface area contributed by atoms with Gasteiger partial charge in [-0.15, -0.1) is 11.3 Å². The van der Waals surface area contributed by atoms with Gasteiger partial charge in [0.1, 0.15) is 0 Å². The number of thiazole rings is 2. The van der Waals surface area contributed by atoms with Gasteiger partial charge in [-0.1, -0.05) is 41.2 Å². The molecule has 0 saturated carbocycles. The highest BCUT2D eigenvalue weighted by atomic mass is 32.1. The molecule has 1 N–H and O–H groups in total. The predicted molar refractivity (Wildman–Crippen MR) is 98.8 cm³/mol. The van der Waals surface area contributed by atoms with Crippen molar-refractivity contribution in [3.8, 4) is 11.3 Å². The number of aromatic nitrogens is 2. The fraction of sp³-hybridized carbons (Fsp3) is 0.235. The Kier molecular flexibility index (Phi) is 4.92. The molecule has 1 amide bonds. The summed E-state index contributed by atoms with van der Waals surface area (Å²) < 4.78 is 1.61. The largest absolute Gasteiger partial charge is 0.307 e. The molecule has 0 aliphatic heterocycles. The van der Waals surface area contributed by atoms with E-state index in [1.165, 1.54) is 16.9 Å².